The van der Waals surface area contributed by atoms with E-state index in [4.69, 9.17) is 5.73 Å². The summed E-state index contributed by atoms with van der Waals surface area (Å²) in [5.74, 6) is -0.106. The molecule has 0 bridgehead atoms. The van der Waals surface area contributed by atoms with Gasteiger partial charge in [0.2, 0.25) is 0 Å². The Morgan fingerprint density at radius 2 is 1.40 bits per heavy atom. The topological polar surface area (TPSA) is 54.7 Å². The molecule has 108 valence electrons. The number of hydrogen-bond acceptors (Lipinski definition) is 2. The van der Waals surface area contributed by atoms with E-state index in [1.165, 1.54) is 0 Å². The van der Waals surface area contributed by atoms with Crippen LogP contribution in [0.15, 0.2) is 24.4 Å². The van der Waals surface area contributed by atoms with E-state index in [1.54, 1.807) is 0 Å². The third kappa shape index (κ3) is 2.86. The first-order chi connectivity index (χ1) is 9.07. The van der Waals surface area contributed by atoms with Crippen LogP contribution in [0.1, 0.15) is 11.1 Å². The number of hydrogen-bond donors (Lipinski definition) is 2. The molecule has 2 rings (SSSR count). The molecule has 0 spiro atoms. The van der Waals surface area contributed by atoms with Crippen molar-refractivity contribution in [2.75, 3.05) is 5.73 Å². The van der Waals surface area contributed by atoms with Crippen LogP contribution in [0.2, 0.25) is 0 Å². The highest BCUT2D eigenvalue weighted by atomic mass is 19.4. The van der Waals surface area contributed by atoms with Crippen molar-refractivity contribution in [2.45, 2.75) is 12.4 Å². The van der Waals surface area contributed by atoms with Gasteiger partial charge in [0.15, 0.2) is 5.95 Å². The maximum atomic E-state index is 12.6. The van der Waals surface area contributed by atoms with Gasteiger partial charge in [-0.25, -0.2) is 4.98 Å². The van der Waals surface area contributed by atoms with Gasteiger partial charge in [-0.05, 0) is 18.2 Å². The maximum absolute atomic E-state index is 12.6. The second-order valence-corrected chi connectivity index (χ2v) is 3.98. The molecule has 1 heterocycles. The van der Waals surface area contributed by atoms with Crippen LogP contribution in [0, 0.1) is 0 Å². The van der Waals surface area contributed by atoms with Crippen LogP contribution in [0.25, 0.3) is 11.3 Å². The Hall–Kier alpha value is -2.19. The monoisotopic (exact) mass is 295 g/mol. The number of alkyl halides is 6. The molecule has 3 nitrogen and oxygen atoms in total. The summed E-state index contributed by atoms with van der Waals surface area (Å²) in [6, 6.07) is 1.26. The summed E-state index contributed by atoms with van der Waals surface area (Å²) >= 11 is 0. The van der Waals surface area contributed by atoms with Gasteiger partial charge >= 0.3 is 12.4 Å². The van der Waals surface area contributed by atoms with E-state index in [9.17, 15) is 26.3 Å². The Kier molecular flexibility index (Phi) is 3.15. The molecule has 0 aliphatic carbocycles. The van der Waals surface area contributed by atoms with Gasteiger partial charge < -0.3 is 10.7 Å². The van der Waals surface area contributed by atoms with Crippen LogP contribution >= 0.6 is 0 Å². The second-order valence-electron chi connectivity index (χ2n) is 3.98. The fraction of sp³-hybridized carbons (Fsp3) is 0.182. The number of aromatic amines is 1. The SMILES string of the molecule is Nc1ncc(-c2cc(C(F)(F)F)cc(C(F)(F)F)c2)[nH]1. The van der Waals surface area contributed by atoms with Crippen molar-refractivity contribution in [3.63, 3.8) is 0 Å². The zero-order chi connectivity index (χ0) is 15.1. The summed E-state index contributed by atoms with van der Waals surface area (Å²) in [7, 11) is 0. The van der Waals surface area contributed by atoms with E-state index in [2.05, 4.69) is 9.97 Å². The number of halogens is 6. The molecule has 1 aromatic heterocycles. The standard InChI is InChI=1S/C11H7F6N3/c12-10(13,14)6-1-5(8-4-19-9(18)20-8)2-7(3-6)11(15,16)17/h1-4H,(H3,18,19,20). The molecule has 0 unspecified atom stereocenters. The lowest BCUT2D eigenvalue weighted by Crippen LogP contribution is -2.11. The van der Waals surface area contributed by atoms with Crippen molar-refractivity contribution in [1.29, 1.82) is 0 Å². The van der Waals surface area contributed by atoms with Gasteiger partial charge in [0.25, 0.3) is 0 Å². The van der Waals surface area contributed by atoms with E-state index in [0.717, 1.165) is 6.20 Å². The van der Waals surface area contributed by atoms with Gasteiger partial charge in [-0.1, -0.05) is 0 Å². The molecule has 0 atom stereocenters. The molecule has 9 heteroatoms. The quantitative estimate of drug-likeness (QED) is 0.788. The molecular weight excluding hydrogens is 288 g/mol. The molecule has 0 saturated carbocycles. The summed E-state index contributed by atoms with van der Waals surface area (Å²) in [6.45, 7) is 0. The third-order valence-corrected chi connectivity index (χ3v) is 2.49. The average Bonchev–Trinajstić information content (AvgIpc) is 2.73. The fourth-order valence-electron chi connectivity index (χ4n) is 1.59. The minimum atomic E-state index is -4.89. The van der Waals surface area contributed by atoms with Crippen molar-refractivity contribution < 1.29 is 26.3 Å². The molecule has 0 amide bonds. The molecule has 3 N–H and O–H groups in total. The van der Waals surface area contributed by atoms with Crippen LogP contribution in [0.4, 0.5) is 32.3 Å². The van der Waals surface area contributed by atoms with Gasteiger partial charge in [-0.15, -0.1) is 0 Å². The Morgan fingerprint density at radius 3 is 1.75 bits per heavy atom. The van der Waals surface area contributed by atoms with E-state index < -0.39 is 23.5 Å². The first kappa shape index (κ1) is 14.2. The Bertz CT molecular complexity index is 594. The summed E-state index contributed by atoms with van der Waals surface area (Å²) < 4.78 is 75.8. The Morgan fingerprint density at radius 1 is 0.900 bits per heavy atom. The Balaban J connectivity index is 2.63. The molecule has 0 fully saturated rings. The number of anilines is 1. The fourth-order valence-corrected chi connectivity index (χ4v) is 1.59. The van der Waals surface area contributed by atoms with Crippen LogP contribution < -0.4 is 5.73 Å². The van der Waals surface area contributed by atoms with Crippen molar-refractivity contribution >= 4 is 5.95 Å². The van der Waals surface area contributed by atoms with Gasteiger partial charge in [-0.2, -0.15) is 26.3 Å². The van der Waals surface area contributed by atoms with Gasteiger partial charge in [0.05, 0.1) is 23.0 Å². The highest BCUT2D eigenvalue weighted by Gasteiger charge is 2.37. The number of benzene rings is 1. The summed E-state index contributed by atoms with van der Waals surface area (Å²) in [5.41, 5.74) is 2.14. The minimum Gasteiger partial charge on any atom is -0.369 e. The molecule has 0 aliphatic rings. The van der Waals surface area contributed by atoms with Crippen molar-refractivity contribution in [3.05, 3.63) is 35.5 Å². The van der Waals surface area contributed by atoms with Crippen molar-refractivity contribution in [3.8, 4) is 11.3 Å². The minimum absolute atomic E-state index is 0.0286. The number of H-pyrrole nitrogens is 1. The van der Waals surface area contributed by atoms with Crippen LogP contribution in [0.3, 0.4) is 0 Å². The summed E-state index contributed by atoms with van der Waals surface area (Å²) in [5, 5.41) is 0. The Labute approximate surface area is 108 Å². The normalized spacial score (nSPS) is 12.7. The number of nitrogen functional groups attached to an aromatic ring is 1. The molecule has 1 aromatic carbocycles. The zero-order valence-electron chi connectivity index (χ0n) is 9.60. The molecule has 0 saturated heterocycles. The highest BCUT2D eigenvalue weighted by Crippen LogP contribution is 2.38. The molecular formula is C11H7F6N3. The van der Waals surface area contributed by atoms with E-state index >= 15 is 0 Å². The van der Waals surface area contributed by atoms with Gasteiger partial charge in [-0.3, -0.25) is 0 Å². The lowest BCUT2D eigenvalue weighted by molar-refractivity contribution is -0.143. The highest BCUT2D eigenvalue weighted by molar-refractivity contribution is 5.62. The number of rotatable bonds is 1. The molecule has 2 aromatic rings. The predicted octanol–water partition coefficient (Wildman–Crippen LogP) is 3.70. The lowest BCUT2D eigenvalue weighted by Gasteiger charge is -2.13. The van der Waals surface area contributed by atoms with Crippen molar-refractivity contribution in [1.82, 2.24) is 9.97 Å². The van der Waals surface area contributed by atoms with E-state index in [-0.39, 0.29) is 23.3 Å². The predicted molar refractivity (Wildman–Crippen MR) is 58.4 cm³/mol. The molecule has 0 aliphatic heterocycles. The molecule has 20 heavy (non-hydrogen) atoms. The first-order valence-corrected chi connectivity index (χ1v) is 5.18. The summed E-state index contributed by atoms with van der Waals surface area (Å²) in [4.78, 5) is 5.92. The lowest BCUT2D eigenvalue weighted by atomic mass is 10.0. The third-order valence-electron chi connectivity index (χ3n) is 2.49. The maximum Gasteiger partial charge on any atom is 0.416 e. The van der Waals surface area contributed by atoms with Crippen LogP contribution in [0.5, 0.6) is 0 Å². The number of imidazole rings is 1. The average molecular weight is 295 g/mol. The van der Waals surface area contributed by atoms with Crippen LogP contribution in [-0.4, -0.2) is 9.97 Å². The number of nitrogens with one attached hydrogen (secondary N) is 1. The van der Waals surface area contributed by atoms with Crippen molar-refractivity contribution in [2.24, 2.45) is 0 Å². The zero-order valence-corrected chi connectivity index (χ0v) is 9.60. The largest absolute Gasteiger partial charge is 0.416 e. The second kappa shape index (κ2) is 4.43. The van der Waals surface area contributed by atoms with E-state index in [1.807, 2.05) is 0 Å². The van der Waals surface area contributed by atoms with Gasteiger partial charge in [0.1, 0.15) is 0 Å². The van der Waals surface area contributed by atoms with E-state index in [0.29, 0.717) is 12.1 Å². The first-order valence-electron chi connectivity index (χ1n) is 5.18. The van der Waals surface area contributed by atoms with Crippen LogP contribution in [-0.2, 0) is 12.4 Å². The molecule has 0 radical (unpaired) electrons. The number of nitrogens with zero attached hydrogens (tertiary/aromatic N) is 1. The summed E-state index contributed by atoms with van der Waals surface area (Å²) in [6.07, 6.45) is -8.71. The van der Waals surface area contributed by atoms with Gasteiger partial charge in [0, 0.05) is 5.56 Å². The number of nitrogens with two attached hydrogens (primary N) is 1. The number of aromatic nitrogens is 2. The smallest absolute Gasteiger partial charge is 0.369 e.